The van der Waals surface area contributed by atoms with Gasteiger partial charge in [0.25, 0.3) is 5.56 Å². The van der Waals surface area contributed by atoms with Gasteiger partial charge in [-0.2, -0.15) is 0 Å². The Hall–Kier alpha value is -1.85. The third-order valence-electron chi connectivity index (χ3n) is 3.45. The fourth-order valence-electron chi connectivity index (χ4n) is 2.20. The fraction of sp³-hybridized carbons (Fsp3) is 0.688. The minimum Gasteiger partial charge on any atom is -0.466 e. The Morgan fingerprint density at radius 2 is 1.86 bits per heavy atom. The van der Waals surface area contributed by atoms with Gasteiger partial charge in [-0.05, 0) is 33.1 Å². The average Bonchev–Trinajstić information content (AvgIpc) is 2.47. The first kappa shape index (κ1) is 18.2. The summed E-state index contributed by atoms with van der Waals surface area (Å²) in [5, 5.41) is 0. The van der Waals surface area contributed by atoms with Crippen molar-refractivity contribution in [2.24, 2.45) is 0 Å². The van der Waals surface area contributed by atoms with Crippen LogP contribution in [-0.2, 0) is 16.1 Å². The summed E-state index contributed by atoms with van der Waals surface area (Å²) in [6.07, 6.45) is 5.58. The van der Waals surface area contributed by atoms with Crippen molar-refractivity contribution in [2.45, 2.75) is 65.5 Å². The highest BCUT2D eigenvalue weighted by molar-refractivity contribution is 5.68. The zero-order chi connectivity index (χ0) is 16.5. The van der Waals surface area contributed by atoms with Crippen molar-refractivity contribution >= 4 is 5.97 Å². The summed E-state index contributed by atoms with van der Waals surface area (Å²) in [5.74, 6) is -0.164. The number of aromatic nitrogens is 2. The lowest BCUT2D eigenvalue weighted by Gasteiger charge is -2.12. The lowest BCUT2D eigenvalue weighted by molar-refractivity contribution is -0.143. The Labute approximate surface area is 130 Å². The van der Waals surface area contributed by atoms with Crippen LogP contribution in [0.3, 0.4) is 0 Å². The second-order valence-corrected chi connectivity index (χ2v) is 5.58. The van der Waals surface area contributed by atoms with Crippen molar-refractivity contribution in [3.63, 3.8) is 0 Å². The molecular formula is C16H26N2O4. The van der Waals surface area contributed by atoms with Gasteiger partial charge in [0.2, 0.25) is 0 Å². The lowest BCUT2D eigenvalue weighted by Crippen LogP contribution is -2.40. The number of unbranched alkanes of at least 4 members (excludes halogenated alkanes) is 3. The predicted octanol–water partition coefficient (Wildman–Crippen LogP) is 2.10. The summed E-state index contributed by atoms with van der Waals surface area (Å²) in [4.78, 5) is 34.8. The molecule has 0 saturated carbocycles. The summed E-state index contributed by atoms with van der Waals surface area (Å²) in [6, 6.07) is 1.30. The molecule has 0 fully saturated rings. The molecule has 6 nitrogen and oxygen atoms in total. The number of carbonyl (C=O) groups excluding carboxylic acids is 1. The molecule has 1 aromatic rings. The molecule has 0 radical (unpaired) electrons. The molecule has 6 heteroatoms. The van der Waals surface area contributed by atoms with Crippen LogP contribution in [0.5, 0.6) is 0 Å². The Balaban J connectivity index is 2.37. The van der Waals surface area contributed by atoms with Gasteiger partial charge in [-0.3, -0.25) is 14.2 Å². The van der Waals surface area contributed by atoms with Crippen LogP contribution >= 0.6 is 0 Å². The Morgan fingerprint density at radius 3 is 2.50 bits per heavy atom. The molecule has 0 aromatic carbocycles. The lowest BCUT2D eigenvalue weighted by atomic mass is 10.2. The molecular weight excluding hydrogens is 284 g/mol. The number of hydrogen-bond acceptors (Lipinski definition) is 4. The van der Waals surface area contributed by atoms with Gasteiger partial charge in [0.15, 0.2) is 0 Å². The number of carbonyl (C=O) groups is 1. The summed E-state index contributed by atoms with van der Waals surface area (Å²) in [5.41, 5.74) is -0.506. The SMILES string of the molecule is CCC(=O)OCCCCCCn1ccc(=O)n(C(C)C)c1=O. The van der Waals surface area contributed by atoms with Gasteiger partial charge in [0.1, 0.15) is 0 Å². The molecule has 0 spiro atoms. The number of hydrogen-bond donors (Lipinski definition) is 0. The summed E-state index contributed by atoms with van der Waals surface area (Å²) in [6.45, 7) is 6.48. The van der Waals surface area contributed by atoms with Gasteiger partial charge in [-0.25, -0.2) is 4.79 Å². The minimum atomic E-state index is -0.256. The van der Waals surface area contributed by atoms with Crippen LogP contribution in [0.15, 0.2) is 21.9 Å². The highest BCUT2D eigenvalue weighted by atomic mass is 16.5. The second kappa shape index (κ2) is 9.23. The normalized spacial score (nSPS) is 10.9. The molecule has 1 aromatic heterocycles. The number of nitrogens with zero attached hydrogens (tertiary/aromatic N) is 2. The molecule has 0 aliphatic carbocycles. The molecule has 124 valence electrons. The molecule has 0 bridgehead atoms. The Kier molecular flexibility index (Phi) is 7.63. The first-order chi connectivity index (χ1) is 10.5. The fourth-order valence-corrected chi connectivity index (χ4v) is 2.20. The maximum Gasteiger partial charge on any atom is 0.331 e. The summed E-state index contributed by atoms with van der Waals surface area (Å²) >= 11 is 0. The van der Waals surface area contributed by atoms with E-state index in [2.05, 4.69) is 0 Å². The molecule has 0 aliphatic heterocycles. The van der Waals surface area contributed by atoms with Gasteiger partial charge in [0.05, 0.1) is 6.61 Å². The van der Waals surface area contributed by atoms with Crippen molar-refractivity contribution in [1.29, 1.82) is 0 Å². The van der Waals surface area contributed by atoms with Crippen molar-refractivity contribution in [1.82, 2.24) is 9.13 Å². The molecule has 0 unspecified atom stereocenters. The van der Waals surface area contributed by atoms with E-state index in [4.69, 9.17) is 4.74 Å². The van der Waals surface area contributed by atoms with E-state index in [0.29, 0.717) is 19.6 Å². The van der Waals surface area contributed by atoms with Crippen LogP contribution in [0.4, 0.5) is 0 Å². The van der Waals surface area contributed by atoms with Gasteiger partial charge in [-0.1, -0.05) is 13.3 Å². The van der Waals surface area contributed by atoms with Crippen LogP contribution in [0, 0.1) is 0 Å². The van der Waals surface area contributed by atoms with Crippen molar-refractivity contribution in [2.75, 3.05) is 6.61 Å². The molecule has 0 aliphatic rings. The average molecular weight is 310 g/mol. The first-order valence-electron chi connectivity index (χ1n) is 7.95. The molecule has 0 atom stereocenters. The Bertz CT molecular complexity index is 587. The van der Waals surface area contributed by atoms with E-state index in [0.717, 1.165) is 25.7 Å². The molecule has 1 heterocycles. The number of aryl methyl sites for hydroxylation is 1. The molecule has 0 N–H and O–H groups in total. The molecule has 22 heavy (non-hydrogen) atoms. The van der Waals surface area contributed by atoms with E-state index in [1.54, 1.807) is 17.7 Å². The topological polar surface area (TPSA) is 70.3 Å². The van der Waals surface area contributed by atoms with Crippen LogP contribution in [0.2, 0.25) is 0 Å². The van der Waals surface area contributed by atoms with Crippen LogP contribution < -0.4 is 11.2 Å². The molecule has 0 amide bonds. The van der Waals surface area contributed by atoms with Crippen molar-refractivity contribution < 1.29 is 9.53 Å². The van der Waals surface area contributed by atoms with Crippen LogP contribution in [0.1, 0.15) is 58.9 Å². The standard InChI is InChI=1S/C16H26N2O4/c1-4-15(20)22-12-8-6-5-7-10-17-11-9-14(19)18(13(2)3)16(17)21/h9,11,13H,4-8,10,12H2,1-3H3. The summed E-state index contributed by atoms with van der Waals surface area (Å²) < 4.78 is 7.85. The third kappa shape index (κ3) is 5.50. The number of esters is 1. The minimum absolute atomic E-state index is 0.138. The van der Waals surface area contributed by atoms with Crippen molar-refractivity contribution in [3.8, 4) is 0 Å². The van der Waals surface area contributed by atoms with E-state index < -0.39 is 0 Å². The van der Waals surface area contributed by atoms with Gasteiger partial charge in [0, 0.05) is 31.3 Å². The van der Waals surface area contributed by atoms with E-state index in [-0.39, 0.29) is 23.3 Å². The van der Waals surface area contributed by atoms with Gasteiger partial charge >= 0.3 is 11.7 Å². The summed E-state index contributed by atoms with van der Waals surface area (Å²) in [7, 11) is 0. The quantitative estimate of drug-likeness (QED) is 0.517. The zero-order valence-electron chi connectivity index (χ0n) is 13.7. The molecule has 1 rings (SSSR count). The van der Waals surface area contributed by atoms with Crippen LogP contribution in [-0.4, -0.2) is 21.7 Å². The van der Waals surface area contributed by atoms with Crippen molar-refractivity contribution in [3.05, 3.63) is 33.1 Å². The highest BCUT2D eigenvalue weighted by Crippen LogP contribution is 2.02. The predicted molar refractivity (Wildman–Crippen MR) is 85.1 cm³/mol. The number of rotatable bonds is 9. The first-order valence-corrected chi connectivity index (χ1v) is 7.95. The van der Waals surface area contributed by atoms with E-state index in [9.17, 15) is 14.4 Å². The van der Waals surface area contributed by atoms with Gasteiger partial charge in [-0.15, -0.1) is 0 Å². The smallest absolute Gasteiger partial charge is 0.331 e. The number of ether oxygens (including phenoxy) is 1. The maximum absolute atomic E-state index is 12.2. The maximum atomic E-state index is 12.2. The van der Waals surface area contributed by atoms with E-state index >= 15 is 0 Å². The second-order valence-electron chi connectivity index (χ2n) is 5.58. The monoisotopic (exact) mass is 310 g/mol. The van der Waals surface area contributed by atoms with Gasteiger partial charge < -0.3 is 9.30 Å². The largest absolute Gasteiger partial charge is 0.466 e. The zero-order valence-corrected chi connectivity index (χ0v) is 13.7. The third-order valence-corrected chi connectivity index (χ3v) is 3.45. The van der Waals surface area contributed by atoms with Crippen LogP contribution in [0.25, 0.3) is 0 Å². The van der Waals surface area contributed by atoms with E-state index in [1.165, 1.54) is 10.6 Å². The highest BCUT2D eigenvalue weighted by Gasteiger charge is 2.07. The van der Waals surface area contributed by atoms with E-state index in [1.807, 2.05) is 13.8 Å². The molecule has 0 saturated heterocycles. The Morgan fingerprint density at radius 1 is 1.18 bits per heavy atom.